The van der Waals surface area contributed by atoms with Gasteiger partial charge in [-0.3, -0.25) is 0 Å². The molecule has 0 heterocycles. The van der Waals surface area contributed by atoms with Crippen LogP contribution in [0, 0.1) is 17.8 Å². The van der Waals surface area contributed by atoms with Crippen molar-refractivity contribution in [3.05, 3.63) is 29.8 Å². The van der Waals surface area contributed by atoms with E-state index >= 15 is 0 Å². The lowest BCUT2D eigenvalue weighted by atomic mass is 9.72. The van der Waals surface area contributed by atoms with Crippen molar-refractivity contribution in [3.8, 4) is 5.75 Å². The van der Waals surface area contributed by atoms with E-state index in [4.69, 9.17) is 10.5 Å². The summed E-state index contributed by atoms with van der Waals surface area (Å²) in [6.07, 6.45) is 6.19. The van der Waals surface area contributed by atoms with Crippen LogP contribution in [0.4, 0.5) is 0 Å². The first kappa shape index (κ1) is 15.4. The molecule has 1 aliphatic carbocycles. The van der Waals surface area contributed by atoms with Crippen molar-refractivity contribution in [2.75, 3.05) is 7.11 Å². The monoisotopic (exact) mass is 275 g/mol. The third kappa shape index (κ3) is 3.99. The summed E-state index contributed by atoms with van der Waals surface area (Å²) in [5.41, 5.74) is 7.72. The smallest absolute Gasteiger partial charge is 0.118 e. The molecule has 0 spiro atoms. The molecule has 20 heavy (non-hydrogen) atoms. The van der Waals surface area contributed by atoms with Gasteiger partial charge in [0.15, 0.2) is 0 Å². The summed E-state index contributed by atoms with van der Waals surface area (Å²) >= 11 is 0. The van der Waals surface area contributed by atoms with Gasteiger partial charge in [-0.05, 0) is 67.6 Å². The van der Waals surface area contributed by atoms with E-state index in [1.807, 2.05) is 12.1 Å². The van der Waals surface area contributed by atoms with Crippen molar-refractivity contribution < 1.29 is 4.74 Å². The highest BCUT2D eigenvalue weighted by molar-refractivity contribution is 5.27. The zero-order chi connectivity index (χ0) is 14.5. The van der Waals surface area contributed by atoms with Crippen LogP contribution in [0.1, 0.15) is 45.1 Å². The van der Waals surface area contributed by atoms with E-state index in [1.54, 1.807) is 7.11 Å². The van der Waals surface area contributed by atoms with Gasteiger partial charge >= 0.3 is 0 Å². The van der Waals surface area contributed by atoms with Crippen molar-refractivity contribution in [2.24, 2.45) is 23.5 Å². The highest BCUT2D eigenvalue weighted by atomic mass is 16.5. The normalized spacial score (nSPS) is 26.8. The van der Waals surface area contributed by atoms with Crippen LogP contribution >= 0.6 is 0 Å². The predicted octanol–water partition coefficient (Wildman–Crippen LogP) is 4.03. The Labute approximate surface area is 123 Å². The van der Waals surface area contributed by atoms with Gasteiger partial charge in [-0.2, -0.15) is 0 Å². The number of methoxy groups -OCH3 is 1. The average Bonchev–Trinajstić information content (AvgIpc) is 2.46. The van der Waals surface area contributed by atoms with Crippen LogP contribution in [0.25, 0.3) is 0 Å². The Morgan fingerprint density at radius 1 is 1.20 bits per heavy atom. The number of ether oxygens (including phenoxy) is 1. The van der Waals surface area contributed by atoms with Crippen molar-refractivity contribution in [3.63, 3.8) is 0 Å². The Morgan fingerprint density at radius 2 is 1.90 bits per heavy atom. The maximum Gasteiger partial charge on any atom is 0.118 e. The lowest BCUT2D eigenvalue weighted by Gasteiger charge is -2.36. The zero-order valence-corrected chi connectivity index (χ0v) is 13.1. The van der Waals surface area contributed by atoms with Crippen LogP contribution in [0.5, 0.6) is 5.75 Å². The molecule has 0 aliphatic heterocycles. The van der Waals surface area contributed by atoms with E-state index in [-0.39, 0.29) is 0 Å². The molecule has 1 aromatic carbocycles. The number of rotatable bonds is 5. The molecule has 3 atom stereocenters. The molecule has 0 saturated heterocycles. The van der Waals surface area contributed by atoms with Crippen LogP contribution < -0.4 is 10.5 Å². The Balaban J connectivity index is 1.87. The molecule has 112 valence electrons. The SMILES string of the molecule is COc1ccc(CCC2CC(C(C)C)CCC2N)cc1. The lowest BCUT2D eigenvalue weighted by Crippen LogP contribution is -2.37. The molecule has 3 unspecified atom stereocenters. The van der Waals surface area contributed by atoms with E-state index < -0.39 is 0 Å². The second-order valence-electron chi connectivity index (χ2n) is 6.63. The topological polar surface area (TPSA) is 35.2 Å². The first-order chi connectivity index (χ1) is 9.60. The van der Waals surface area contributed by atoms with Crippen molar-refractivity contribution >= 4 is 0 Å². The van der Waals surface area contributed by atoms with Gasteiger partial charge in [0.1, 0.15) is 5.75 Å². The fraction of sp³-hybridized carbons (Fsp3) is 0.667. The molecule has 2 N–H and O–H groups in total. The third-order valence-electron chi connectivity index (χ3n) is 4.99. The van der Waals surface area contributed by atoms with Gasteiger partial charge in [0.2, 0.25) is 0 Å². The van der Waals surface area contributed by atoms with Gasteiger partial charge in [-0.1, -0.05) is 26.0 Å². The third-order valence-corrected chi connectivity index (χ3v) is 4.99. The Morgan fingerprint density at radius 3 is 2.50 bits per heavy atom. The van der Waals surface area contributed by atoms with E-state index in [2.05, 4.69) is 26.0 Å². The number of nitrogens with two attached hydrogens (primary N) is 1. The second-order valence-corrected chi connectivity index (χ2v) is 6.63. The van der Waals surface area contributed by atoms with Gasteiger partial charge < -0.3 is 10.5 Å². The van der Waals surface area contributed by atoms with Crippen molar-refractivity contribution in [2.45, 2.75) is 52.0 Å². The molecule has 1 fully saturated rings. The van der Waals surface area contributed by atoms with Crippen molar-refractivity contribution in [1.29, 1.82) is 0 Å². The van der Waals surface area contributed by atoms with Crippen LogP contribution in [0.2, 0.25) is 0 Å². The summed E-state index contributed by atoms with van der Waals surface area (Å²) in [5, 5.41) is 0. The molecule has 1 aliphatic rings. The Kier molecular flexibility index (Phi) is 5.47. The molecule has 2 rings (SSSR count). The van der Waals surface area contributed by atoms with Crippen LogP contribution in [0.3, 0.4) is 0 Å². The molecular formula is C18H29NO. The maximum absolute atomic E-state index is 6.33. The van der Waals surface area contributed by atoms with Crippen LogP contribution in [-0.4, -0.2) is 13.2 Å². The van der Waals surface area contributed by atoms with Gasteiger partial charge in [0, 0.05) is 6.04 Å². The van der Waals surface area contributed by atoms with Crippen LogP contribution in [-0.2, 0) is 6.42 Å². The lowest BCUT2D eigenvalue weighted by molar-refractivity contribution is 0.182. The van der Waals surface area contributed by atoms with E-state index in [0.29, 0.717) is 12.0 Å². The van der Waals surface area contributed by atoms with Crippen LogP contribution in [0.15, 0.2) is 24.3 Å². The first-order valence-electron chi connectivity index (χ1n) is 7.98. The average molecular weight is 275 g/mol. The van der Waals surface area contributed by atoms with Gasteiger partial charge in [-0.25, -0.2) is 0 Å². The summed E-state index contributed by atoms with van der Waals surface area (Å²) in [6.45, 7) is 4.70. The number of benzene rings is 1. The van der Waals surface area contributed by atoms with E-state index in [1.165, 1.54) is 31.2 Å². The molecule has 2 nitrogen and oxygen atoms in total. The predicted molar refractivity (Wildman–Crippen MR) is 85.0 cm³/mol. The molecular weight excluding hydrogens is 246 g/mol. The maximum atomic E-state index is 6.33. The minimum atomic E-state index is 0.406. The second kappa shape index (κ2) is 7.12. The summed E-state index contributed by atoms with van der Waals surface area (Å²) in [5.74, 6) is 3.29. The zero-order valence-electron chi connectivity index (χ0n) is 13.1. The number of hydrogen-bond donors (Lipinski definition) is 1. The largest absolute Gasteiger partial charge is 0.497 e. The highest BCUT2D eigenvalue weighted by Crippen LogP contribution is 2.35. The quantitative estimate of drug-likeness (QED) is 0.880. The summed E-state index contributed by atoms with van der Waals surface area (Å²) in [7, 11) is 1.71. The summed E-state index contributed by atoms with van der Waals surface area (Å²) < 4.78 is 5.20. The minimum Gasteiger partial charge on any atom is -0.497 e. The Hall–Kier alpha value is -1.02. The van der Waals surface area contributed by atoms with E-state index in [9.17, 15) is 0 Å². The highest BCUT2D eigenvalue weighted by Gasteiger charge is 2.29. The molecule has 0 bridgehead atoms. The fourth-order valence-electron chi connectivity index (χ4n) is 3.41. The standard InChI is InChI=1S/C18H29NO/c1-13(2)15-8-11-18(19)16(12-15)7-4-14-5-9-17(20-3)10-6-14/h5-6,9-10,13,15-16,18H,4,7-8,11-12,19H2,1-3H3. The number of aryl methyl sites for hydroxylation is 1. The molecule has 0 aromatic heterocycles. The van der Waals surface area contributed by atoms with Crippen molar-refractivity contribution in [1.82, 2.24) is 0 Å². The van der Waals surface area contributed by atoms with Gasteiger partial charge in [0.25, 0.3) is 0 Å². The van der Waals surface area contributed by atoms with Gasteiger partial charge in [0.05, 0.1) is 7.11 Å². The molecule has 1 saturated carbocycles. The summed E-state index contributed by atoms with van der Waals surface area (Å²) in [4.78, 5) is 0. The minimum absolute atomic E-state index is 0.406. The Bertz CT molecular complexity index is 398. The summed E-state index contributed by atoms with van der Waals surface area (Å²) in [6, 6.07) is 8.85. The molecule has 0 radical (unpaired) electrons. The molecule has 1 aromatic rings. The van der Waals surface area contributed by atoms with E-state index in [0.717, 1.165) is 24.0 Å². The molecule has 2 heteroatoms. The fourth-order valence-corrected chi connectivity index (χ4v) is 3.41. The first-order valence-corrected chi connectivity index (χ1v) is 7.98. The molecule has 0 amide bonds. The van der Waals surface area contributed by atoms with Gasteiger partial charge in [-0.15, -0.1) is 0 Å². The number of hydrogen-bond acceptors (Lipinski definition) is 2.